The van der Waals surface area contributed by atoms with Gasteiger partial charge in [0, 0.05) is 29.7 Å². The summed E-state index contributed by atoms with van der Waals surface area (Å²) in [6, 6.07) is 12.0. The fourth-order valence-corrected chi connectivity index (χ4v) is 6.49. The summed E-state index contributed by atoms with van der Waals surface area (Å²) in [7, 11) is -0.804. The molecule has 0 spiro atoms. The molecule has 0 bridgehead atoms. The fraction of sp³-hybridized carbons (Fsp3) is 0.472. The number of carbonyl (C=O) groups is 2. The van der Waals surface area contributed by atoms with Crippen LogP contribution in [0.1, 0.15) is 64.2 Å². The molecule has 0 radical (unpaired) electrons. The molecule has 2 aromatic rings. The lowest BCUT2D eigenvalue weighted by Gasteiger charge is -2.31. The number of benzene rings is 2. The van der Waals surface area contributed by atoms with Gasteiger partial charge in [0.1, 0.15) is 11.8 Å². The van der Waals surface area contributed by atoms with Crippen molar-refractivity contribution < 1.29 is 33.0 Å². The van der Waals surface area contributed by atoms with E-state index in [1.807, 2.05) is 83.2 Å². The van der Waals surface area contributed by atoms with E-state index in [-0.39, 0.29) is 48.3 Å². The van der Waals surface area contributed by atoms with Crippen molar-refractivity contribution >= 4 is 38.2 Å². The van der Waals surface area contributed by atoms with Crippen LogP contribution in [-0.2, 0) is 32.8 Å². The van der Waals surface area contributed by atoms with Crippen molar-refractivity contribution in [1.82, 2.24) is 16.0 Å². The number of fused-ring (bicyclic) bond motifs is 1. The van der Waals surface area contributed by atoms with Crippen molar-refractivity contribution in [1.29, 1.82) is 0 Å². The van der Waals surface area contributed by atoms with Gasteiger partial charge in [-0.1, -0.05) is 36.4 Å². The van der Waals surface area contributed by atoms with Crippen LogP contribution in [0.25, 0.3) is 5.57 Å². The van der Waals surface area contributed by atoms with Gasteiger partial charge in [-0.3, -0.25) is 9.59 Å². The van der Waals surface area contributed by atoms with Crippen molar-refractivity contribution in [3.8, 4) is 5.75 Å². The zero-order valence-electron chi connectivity index (χ0n) is 28.5. The van der Waals surface area contributed by atoms with Crippen molar-refractivity contribution in [2.45, 2.75) is 89.7 Å². The van der Waals surface area contributed by atoms with Gasteiger partial charge in [-0.15, -0.1) is 0 Å². The molecule has 0 fully saturated rings. The Morgan fingerprint density at radius 3 is 2.44 bits per heavy atom. The zero-order valence-corrected chi connectivity index (χ0v) is 29.4. The average Bonchev–Trinajstić information content (AvgIpc) is 3.15. The standard InChI is InChI=1S/C36H48N4O7S/c1-35(2,3)39-33-28(8-7-9-31(33)48(45)46)24-12-10-23(11-13-24)21-40-30-17-15-27(47-6)18-25(30)14-16-29(34(40)44)38-32(43)19-36(4,5)37-20-26(42)22-41/h7-13,15,17-18,26,29,33,37,39,41-42H,14,16,19-22H2,1-6H3,(H,38,43)/t26-,29+,33?/m0/s1. The number of methoxy groups -OCH3 is 1. The highest BCUT2D eigenvalue weighted by Gasteiger charge is 2.33. The fourth-order valence-electron chi connectivity index (χ4n) is 5.92. The number of allylic oxidation sites excluding steroid dienone is 2. The van der Waals surface area contributed by atoms with E-state index in [1.165, 1.54) is 0 Å². The number of hydrogen-bond donors (Lipinski definition) is 5. The summed E-state index contributed by atoms with van der Waals surface area (Å²) in [5.41, 5.74) is 3.19. The van der Waals surface area contributed by atoms with E-state index in [9.17, 15) is 23.1 Å². The predicted molar refractivity (Wildman–Crippen MR) is 188 cm³/mol. The normalized spacial score (nSPS) is 18.9. The summed E-state index contributed by atoms with van der Waals surface area (Å²) >= 11 is 0. The third-order valence-electron chi connectivity index (χ3n) is 8.34. The maximum atomic E-state index is 14.1. The molecule has 12 heteroatoms. The Bertz CT molecular complexity index is 1680. The minimum Gasteiger partial charge on any atom is -0.497 e. The van der Waals surface area contributed by atoms with Gasteiger partial charge in [-0.05, 0) is 94.0 Å². The number of aliphatic hydroxyl groups is 2. The van der Waals surface area contributed by atoms with Crippen LogP contribution in [0.15, 0.2) is 60.7 Å². The highest BCUT2D eigenvalue weighted by atomic mass is 32.2. The molecule has 11 nitrogen and oxygen atoms in total. The van der Waals surface area contributed by atoms with Gasteiger partial charge < -0.3 is 35.8 Å². The monoisotopic (exact) mass is 680 g/mol. The number of nitrogens with one attached hydrogen (secondary N) is 3. The number of nitrogens with zero attached hydrogens (tertiary/aromatic N) is 1. The molecule has 260 valence electrons. The van der Waals surface area contributed by atoms with Gasteiger partial charge in [0.15, 0.2) is 0 Å². The van der Waals surface area contributed by atoms with Crippen molar-refractivity contribution in [3.05, 3.63) is 77.4 Å². The third-order valence-corrected chi connectivity index (χ3v) is 9.09. The van der Waals surface area contributed by atoms with E-state index in [0.29, 0.717) is 18.6 Å². The summed E-state index contributed by atoms with van der Waals surface area (Å²) in [5.74, 6) is 0.138. The molecule has 1 heterocycles. The molecule has 1 aliphatic heterocycles. The van der Waals surface area contributed by atoms with E-state index in [0.717, 1.165) is 28.0 Å². The molecule has 1 unspecified atom stereocenters. The number of β-amino-alcohol motifs (C(OH)–C–C–N with tert-alkyl or cyclic N) is 1. The number of anilines is 1. The van der Waals surface area contributed by atoms with E-state index >= 15 is 0 Å². The van der Waals surface area contributed by atoms with Crippen LogP contribution in [0.3, 0.4) is 0 Å². The molecule has 3 atom stereocenters. The second-order valence-corrected chi connectivity index (χ2v) is 14.9. The van der Waals surface area contributed by atoms with Crippen LogP contribution < -0.4 is 25.6 Å². The minimum absolute atomic E-state index is 0.0618. The summed E-state index contributed by atoms with van der Waals surface area (Å²) in [6.07, 6.45) is 5.33. The second-order valence-electron chi connectivity index (χ2n) is 14.0. The second kappa shape index (κ2) is 15.6. The first-order chi connectivity index (χ1) is 22.6. The molecule has 1 aliphatic carbocycles. The summed E-state index contributed by atoms with van der Waals surface area (Å²) in [4.78, 5) is 29.3. The average molecular weight is 681 g/mol. The van der Waals surface area contributed by atoms with Crippen molar-refractivity contribution in [2.24, 2.45) is 0 Å². The van der Waals surface area contributed by atoms with Gasteiger partial charge in [0.2, 0.25) is 22.1 Å². The first kappa shape index (κ1) is 37.0. The topological polar surface area (TPSA) is 157 Å². The van der Waals surface area contributed by atoms with Crippen LogP contribution in [0.2, 0.25) is 0 Å². The first-order valence-corrected chi connectivity index (χ1v) is 17.2. The Morgan fingerprint density at radius 2 is 1.81 bits per heavy atom. The number of rotatable bonds is 12. The van der Waals surface area contributed by atoms with E-state index in [2.05, 4.69) is 16.0 Å². The van der Waals surface area contributed by atoms with Gasteiger partial charge in [0.05, 0.1) is 37.3 Å². The molecule has 0 saturated carbocycles. The summed E-state index contributed by atoms with van der Waals surface area (Å²) in [5, 5.41) is 28.3. The maximum Gasteiger partial charge on any atom is 0.249 e. The van der Waals surface area contributed by atoms with Crippen molar-refractivity contribution in [3.63, 3.8) is 0 Å². The molecule has 0 saturated heterocycles. The van der Waals surface area contributed by atoms with Crippen LogP contribution in [0.4, 0.5) is 5.69 Å². The number of aryl methyl sites for hydroxylation is 1. The molecule has 2 aromatic carbocycles. The zero-order chi connectivity index (χ0) is 35.2. The number of ether oxygens (including phenoxy) is 1. The van der Waals surface area contributed by atoms with E-state index < -0.39 is 34.0 Å². The van der Waals surface area contributed by atoms with E-state index in [1.54, 1.807) is 24.2 Å². The summed E-state index contributed by atoms with van der Waals surface area (Å²) in [6.45, 7) is 9.60. The molecular formula is C36H48N4O7S. The first-order valence-electron chi connectivity index (χ1n) is 16.1. The third kappa shape index (κ3) is 9.64. The van der Waals surface area contributed by atoms with Gasteiger partial charge in [-0.25, -0.2) is 0 Å². The highest BCUT2D eigenvalue weighted by molar-refractivity contribution is 7.73. The summed E-state index contributed by atoms with van der Waals surface area (Å²) < 4.78 is 29.6. The van der Waals surface area contributed by atoms with E-state index in [4.69, 9.17) is 9.84 Å². The van der Waals surface area contributed by atoms with Gasteiger partial charge in [0.25, 0.3) is 0 Å². The number of carbonyl (C=O) groups excluding carboxylic acids is 2. The molecule has 48 heavy (non-hydrogen) atoms. The van der Waals surface area contributed by atoms with Crippen LogP contribution in [0.5, 0.6) is 5.75 Å². The Kier molecular flexibility index (Phi) is 12.0. The Hall–Kier alpha value is -3.81. The predicted octanol–water partition coefficient (Wildman–Crippen LogP) is 2.53. The molecule has 4 rings (SSSR count). The van der Waals surface area contributed by atoms with Crippen LogP contribution in [-0.4, -0.2) is 84.8 Å². The minimum atomic E-state index is -2.40. The Labute approximate surface area is 284 Å². The van der Waals surface area contributed by atoms with Gasteiger partial charge >= 0.3 is 0 Å². The van der Waals surface area contributed by atoms with Crippen molar-refractivity contribution in [2.75, 3.05) is 25.2 Å². The Balaban J connectivity index is 1.58. The lowest BCUT2D eigenvalue weighted by atomic mass is 9.90. The van der Waals surface area contributed by atoms with Crippen LogP contribution in [0, 0.1) is 0 Å². The number of amides is 2. The quantitative estimate of drug-likeness (QED) is 0.213. The van der Waals surface area contributed by atoms with Crippen LogP contribution >= 0.6 is 0 Å². The molecular weight excluding hydrogens is 632 g/mol. The highest BCUT2D eigenvalue weighted by Crippen LogP contribution is 2.32. The molecule has 2 aliphatic rings. The lowest BCUT2D eigenvalue weighted by molar-refractivity contribution is -0.128. The molecule has 0 aromatic heterocycles. The molecule has 2 amide bonds. The van der Waals surface area contributed by atoms with Gasteiger partial charge in [-0.2, -0.15) is 8.42 Å². The SMILES string of the molecule is COc1ccc2c(c1)CC[C@@H](NC(=O)CC(C)(C)NC[C@H](O)CO)C(=O)N2Cc1ccc(C2=CC=CC(=S(=O)=O)C2NC(C)(C)C)cc1. The molecule has 5 N–H and O–H groups in total. The lowest BCUT2D eigenvalue weighted by Crippen LogP contribution is -2.51. The number of hydrogen-bond acceptors (Lipinski definition) is 9. The maximum absolute atomic E-state index is 14.1. The number of aliphatic hydroxyl groups excluding tert-OH is 2. The Morgan fingerprint density at radius 1 is 1.10 bits per heavy atom. The largest absolute Gasteiger partial charge is 0.497 e. The smallest absolute Gasteiger partial charge is 0.249 e.